The van der Waals surface area contributed by atoms with Gasteiger partial charge in [0, 0.05) is 18.6 Å². The maximum absolute atomic E-state index is 3.70. The molecule has 2 heteroatoms. The van der Waals surface area contributed by atoms with E-state index in [1.165, 1.54) is 58.2 Å². The average molecular weight is 250 g/mol. The number of hydrogen-bond acceptors (Lipinski definition) is 2. The fraction of sp³-hybridized carbons (Fsp3) is 1.00. The van der Waals surface area contributed by atoms with Crippen molar-refractivity contribution in [2.45, 2.75) is 64.5 Å². The van der Waals surface area contributed by atoms with Crippen molar-refractivity contribution in [1.82, 2.24) is 10.2 Å². The van der Waals surface area contributed by atoms with E-state index in [0.717, 1.165) is 17.8 Å². The van der Waals surface area contributed by atoms with Crippen LogP contribution < -0.4 is 5.32 Å². The van der Waals surface area contributed by atoms with Crippen LogP contribution >= 0.6 is 0 Å². The third-order valence-corrected chi connectivity index (χ3v) is 5.25. The van der Waals surface area contributed by atoms with Crippen molar-refractivity contribution in [3.8, 4) is 0 Å². The Morgan fingerprint density at radius 1 is 0.889 bits per heavy atom. The molecular weight excluding hydrogens is 220 g/mol. The van der Waals surface area contributed by atoms with Crippen LogP contribution in [-0.2, 0) is 0 Å². The first-order valence-electron chi connectivity index (χ1n) is 8.21. The Balaban J connectivity index is 1.53. The molecule has 104 valence electrons. The van der Waals surface area contributed by atoms with Gasteiger partial charge in [-0.15, -0.1) is 0 Å². The molecule has 0 spiro atoms. The zero-order valence-corrected chi connectivity index (χ0v) is 12.2. The first kappa shape index (κ1) is 12.9. The number of nitrogens with one attached hydrogen (secondary N) is 1. The van der Waals surface area contributed by atoms with Crippen molar-refractivity contribution in [3.05, 3.63) is 0 Å². The van der Waals surface area contributed by atoms with Gasteiger partial charge in [-0.3, -0.25) is 0 Å². The molecule has 2 nitrogen and oxygen atoms in total. The Kier molecular flexibility index (Phi) is 3.95. The van der Waals surface area contributed by atoms with E-state index >= 15 is 0 Å². The molecule has 0 aromatic carbocycles. The lowest BCUT2D eigenvalue weighted by Crippen LogP contribution is -2.44. The van der Waals surface area contributed by atoms with Crippen LogP contribution in [0, 0.1) is 17.8 Å². The minimum absolute atomic E-state index is 0.697. The highest BCUT2D eigenvalue weighted by Gasteiger charge is 2.41. The quantitative estimate of drug-likeness (QED) is 0.825. The molecule has 0 aromatic heterocycles. The molecule has 1 N–H and O–H groups in total. The molecular formula is C16H30N2. The molecule has 1 aliphatic heterocycles. The largest absolute Gasteiger partial charge is 0.312 e. The predicted molar refractivity (Wildman–Crippen MR) is 76.7 cm³/mol. The molecule has 2 saturated carbocycles. The second-order valence-corrected chi connectivity index (χ2v) is 7.19. The Morgan fingerprint density at radius 2 is 1.39 bits per heavy atom. The second kappa shape index (κ2) is 5.50. The van der Waals surface area contributed by atoms with Crippen LogP contribution in [0.4, 0.5) is 0 Å². The van der Waals surface area contributed by atoms with E-state index in [-0.39, 0.29) is 0 Å². The van der Waals surface area contributed by atoms with Crippen molar-refractivity contribution in [2.75, 3.05) is 19.6 Å². The monoisotopic (exact) mass is 250 g/mol. The molecule has 0 radical (unpaired) electrons. The SMILES string of the molecule is CC1CCN(CC(C2CC2)C2CC2)CCC(C)N1. The van der Waals surface area contributed by atoms with Crippen LogP contribution in [0.15, 0.2) is 0 Å². The lowest BCUT2D eigenvalue weighted by molar-refractivity contribution is 0.172. The molecule has 3 fully saturated rings. The zero-order valence-electron chi connectivity index (χ0n) is 12.2. The summed E-state index contributed by atoms with van der Waals surface area (Å²) in [5.74, 6) is 3.27. The van der Waals surface area contributed by atoms with E-state index in [1.54, 1.807) is 0 Å². The maximum Gasteiger partial charge on any atom is 0.00533 e. The maximum atomic E-state index is 3.70. The lowest BCUT2D eigenvalue weighted by Gasteiger charge is -2.33. The molecule has 1 saturated heterocycles. The van der Waals surface area contributed by atoms with Crippen LogP contribution in [0.25, 0.3) is 0 Å². The standard InChI is InChI=1S/C16H30N2/c1-12-7-9-18(10-8-13(2)17-12)11-16(14-3-4-14)15-5-6-15/h12-17H,3-11H2,1-2H3. The van der Waals surface area contributed by atoms with Crippen molar-refractivity contribution in [3.63, 3.8) is 0 Å². The minimum atomic E-state index is 0.697. The second-order valence-electron chi connectivity index (χ2n) is 7.19. The lowest BCUT2D eigenvalue weighted by atomic mass is 9.96. The van der Waals surface area contributed by atoms with Gasteiger partial charge in [0.2, 0.25) is 0 Å². The van der Waals surface area contributed by atoms with Crippen molar-refractivity contribution in [1.29, 1.82) is 0 Å². The first-order valence-corrected chi connectivity index (χ1v) is 8.21. The highest BCUT2D eigenvalue weighted by atomic mass is 15.1. The van der Waals surface area contributed by atoms with Gasteiger partial charge in [0.15, 0.2) is 0 Å². The van der Waals surface area contributed by atoms with Crippen molar-refractivity contribution < 1.29 is 0 Å². The van der Waals surface area contributed by atoms with Crippen molar-refractivity contribution >= 4 is 0 Å². The van der Waals surface area contributed by atoms with E-state index in [4.69, 9.17) is 0 Å². The highest BCUT2D eigenvalue weighted by molar-refractivity contribution is 4.93. The summed E-state index contributed by atoms with van der Waals surface area (Å²) in [5, 5.41) is 3.70. The van der Waals surface area contributed by atoms with Crippen LogP contribution in [0.2, 0.25) is 0 Å². The third-order valence-electron chi connectivity index (χ3n) is 5.25. The van der Waals surface area contributed by atoms with E-state index in [9.17, 15) is 0 Å². The molecule has 3 rings (SSSR count). The van der Waals surface area contributed by atoms with Gasteiger partial charge in [0.25, 0.3) is 0 Å². The summed E-state index contributed by atoms with van der Waals surface area (Å²) in [7, 11) is 0. The van der Waals surface area contributed by atoms with Gasteiger partial charge in [-0.1, -0.05) is 0 Å². The zero-order chi connectivity index (χ0) is 12.5. The molecule has 0 amide bonds. The van der Waals surface area contributed by atoms with Gasteiger partial charge in [0.1, 0.15) is 0 Å². The molecule has 2 unspecified atom stereocenters. The topological polar surface area (TPSA) is 15.3 Å². The van der Waals surface area contributed by atoms with Crippen LogP contribution in [0.1, 0.15) is 52.4 Å². The molecule has 2 aliphatic carbocycles. The number of nitrogens with zero attached hydrogens (tertiary/aromatic N) is 1. The van der Waals surface area contributed by atoms with Crippen LogP contribution in [0.3, 0.4) is 0 Å². The molecule has 0 aromatic rings. The molecule has 1 heterocycles. The first-order chi connectivity index (χ1) is 8.72. The third kappa shape index (κ3) is 3.48. The Bertz CT molecular complexity index is 246. The van der Waals surface area contributed by atoms with Gasteiger partial charge >= 0.3 is 0 Å². The molecule has 2 atom stereocenters. The average Bonchev–Trinajstić information content (AvgIpc) is 3.16. The van der Waals surface area contributed by atoms with E-state index < -0.39 is 0 Å². The van der Waals surface area contributed by atoms with E-state index in [1.807, 2.05) is 0 Å². The summed E-state index contributed by atoms with van der Waals surface area (Å²) in [5.41, 5.74) is 0. The summed E-state index contributed by atoms with van der Waals surface area (Å²) in [6.07, 6.45) is 8.78. The fourth-order valence-electron chi connectivity index (χ4n) is 3.73. The van der Waals surface area contributed by atoms with Gasteiger partial charge in [0.05, 0.1) is 0 Å². The number of hydrogen-bond donors (Lipinski definition) is 1. The Labute approximate surface area is 113 Å². The van der Waals surface area contributed by atoms with Crippen LogP contribution in [-0.4, -0.2) is 36.6 Å². The summed E-state index contributed by atoms with van der Waals surface area (Å²) >= 11 is 0. The molecule has 0 bridgehead atoms. The summed E-state index contributed by atoms with van der Waals surface area (Å²) in [6.45, 7) is 8.74. The Morgan fingerprint density at radius 3 is 1.83 bits per heavy atom. The van der Waals surface area contributed by atoms with Gasteiger partial charge < -0.3 is 10.2 Å². The minimum Gasteiger partial charge on any atom is -0.312 e. The van der Waals surface area contributed by atoms with E-state index in [0.29, 0.717) is 12.1 Å². The molecule has 3 aliphatic rings. The summed E-state index contributed by atoms with van der Waals surface area (Å²) < 4.78 is 0. The fourth-order valence-corrected chi connectivity index (χ4v) is 3.73. The smallest absolute Gasteiger partial charge is 0.00533 e. The van der Waals surface area contributed by atoms with Gasteiger partial charge in [-0.25, -0.2) is 0 Å². The van der Waals surface area contributed by atoms with Gasteiger partial charge in [-0.2, -0.15) is 0 Å². The number of rotatable bonds is 4. The highest BCUT2D eigenvalue weighted by Crippen LogP contribution is 2.49. The van der Waals surface area contributed by atoms with E-state index in [2.05, 4.69) is 24.1 Å². The summed E-state index contributed by atoms with van der Waals surface area (Å²) in [6, 6.07) is 1.39. The van der Waals surface area contributed by atoms with Crippen LogP contribution in [0.5, 0.6) is 0 Å². The predicted octanol–water partition coefficient (Wildman–Crippen LogP) is 2.89. The van der Waals surface area contributed by atoms with Crippen molar-refractivity contribution in [2.24, 2.45) is 17.8 Å². The molecule has 18 heavy (non-hydrogen) atoms. The summed E-state index contributed by atoms with van der Waals surface area (Å²) in [4.78, 5) is 2.79. The normalized spacial score (nSPS) is 35.5. The Hall–Kier alpha value is -0.0800. The van der Waals surface area contributed by atoms with Gasteiger partial charge in [-0.05, 0) is 83.2 Å².